The number of hydrogen-bond acceptors (Lipinski definition) is 0. The zero-order valence-corrected chi connectivity index (χ0v) is 34.6. The fraction of sp³-hybridized carbons (Fsp3) is 0.0159. The predicted octanol–water partition coefficient (Wildman–Crippen LogP) is 16.8. The molecule has 0 saturated carbocycles. The van der Waals surface area contributed by atoms with Gasteiger partial charge in [-0.25, -0.2) is 0 Å². The van der Waals surface area contributed by atoms with Crippen LogP contribution in [-0.4, -0.2) is 0 Å². The zero-order valence-electron chi connectivity index (χ0n) is 34.6. The highest BCUT2D eigenvalue weighted by Crippen LogP contribution is 2.63. The van der Waals surface area contributed by atoms with Gasteiger partial charge in [0, 0.05) is 0 Å². The van der Waals surface area contributed by atoms with Crippen LogP contribution in [-0.2, 0) is 5.41 Å². The minimum Gasteiger partial charge on any atom is -0.0622 e. The Morgan fingerprint density at radius 3 is 1.10 bits per heavy atom. The van der Waals surface area contributed by atoms with Gasteiger partial charge in [0.05, 0.1) is 5.41 Å². The standard InChI is InChI=1S/C63H40/c1-4-20-41(21-5-1)42-36-38-43(39-37-42)58-51-31-15-17-33-53(51)59(54-34-18-16-32-52(54)58)56-40-57-60(49-29-13-11-28-48(49)56)61-50-30-14-10-26-46(50)47-27-12-19-35-55(47)62(61)63(57,44-22-6-2-7-23-44)45-24-8-3-9-25-45/h1-40H. The molecule has 0 radical (unpaired) electrons. The Balaban J connectivity index is 1.20. The van der Waals surface area contributed by atoms with E-state index in [1.165, 1.54) is 121 Å². The van der Waals surface area contributed by atoms with Gasteiger partial charge < -0.3 is 0 Å². The summed E-state index contributed by atoms with van der Waals surface area (Å²) in [6.45, 7) is 0. The predicted molar refractivity (Wildman–Crippen MR) is 268 cm³/mol. The summed E-state index contributed by atoms with van der Waals surface area (Å²) >= 11 is 0. The Hall–Kier alpha value is -8.06. The van der Waals surface area contributed by atoms with Crippen LogP contribution in [0.2, 0.25) is 0 Å². The lowest BCUT2D eigenvalue weighted by Gasteiger charge is -2.35. The van der Waals surface area contributed by atoms with E-state index in [0.29, 0.717) is 0 Å². The highest BCUT2D eigenvalue weighted by atomic mass is 14.5. The van der Waals surface area contributed by atoms with Gasteiger partial charge in [-0.05, 0) is 127 Å². The molecule has 13 rings (SSSR count). The van der Waals surface area contributed by atoms with E-state index in [9.17, 15) is 0 Å². The van der Waals surface area contributed by atoms with Gasteiger partial charge in [0.15, 0.2) is 0 Å². The average molecular weight is 797 g/mol. The van der Waals surface area contributed by atoms with Gasteiger partial charge in [-0.3, -0.25) is 0 Å². The fourth-order valence-corrected chi connectivity index (χ4v) is 11.4. The second kappa shape index (κ2) is 14.0. The van der Waals surface area contributed by atoms with Gasteiger partial charge in [0.25, 0.3) is 0 Å². The van der Waals surface area contributed by atoms with Crippen molar-refractivity contribution in [3.63, 3.8) is 0 Å². The minimum absolute atomic E-state index is 0.623. The van der Waals surface area contributed by atoms with Crippen LogP contribution in [0.3, 0.4) is 0 Å². The molecule has 0 heterocycles. The van der Waals surface area contributed by atoms with Crippen molar-refractivity contribution in [2.24, 2.45) is 0 Å². The van der Waals surface area contributed by atoms with Crippen LogP contribution in [0.1, 0.15) is 22.3 Å². The summed E-state index contributed by atoms with van der Waals surface area (Å²) in [6.07, 6.45) is 0. The van der Waals surface area contributed by atoms with Gasteiger partial charge in [0.1, 0.15) is 0 Å². The number of rotatable bonds is 5. The van der Waals surface area contributed by atoms with Crippen LogP contribution >= 0.6 is 0 Å². The van der Waals surface area contributed by atoms with E-state index >= 15 is 0 Å². The maximum absolute atomic E-state index is 2.60. The molecule has 0 amide bonds. The van der Waals surface area contributed by atoms with E-state index in [1.807, 2.05) is 0 Å². The largest absolute Gasteiger partial charge is 0.0720 e. The molecule has 1 aliphatic carbocycles. The average Bonchev–Trinajstić information content (AvgIpc) is 3.69. The summed E-state index contributed by atoms with van der Waals surface area (Å²) in [5, 5.41) is 12.7. The molecule has 0 atom stereocenters. The second-order valence-electron chi connectivity index (χ2n) is 17.0. The molecule has 0 unspecified atom stereocenters. The summed E-state index contributed by atoms with van der Waals surface area (Å²) in [5.41, 5.74) is 14.7. The molecule has 63 heavy (non-hydrogen) atoms. The van der Waals surface area contributed by atoms with Crippen molar-refractivity contribution >= 4 is 53.9 Å². The molecule has 0 spiro atoms. The molecule has 0 heteroatoms. The molecule has 292 valence electrons. The SMILES string of the molecule is c1ccc(-c2ccc(-c3c4ccccc4c(-c4cc5c(c6ccccc46)-c4c(c6ccccc6c6ccccc46)C5(c4ccccc4)c4ccccc4)c4ccccc34)cc2)cc1. The maximum Gasteiger partial charge on any atom is 0.0720 e. The van der Waals surface area contributed by atoms with E-state index in [0.717, 1.165) is 0 Å². The van der Waals surface area contributed by atoms with Gasteiger partial charge in [-0.1, -0.05) is 237 Å². The number of benzene rings is 12. The first-order valence-corrected chi connectivity index (χ1v) is 22.0. The molecule has 0 N–H and O–H groups in total. The molecular formula is C63H40. The summed E-state index contributed by atoms with van der Waals surface area (Å²) < 4.78 is 0. The lowest BCUT2D eigenvalue weighted by Crippen LogP contribution is -2.29. The van der Waals surface area contributed by atoms with E-state index < -0.39 is 5.41 Å². The van der Waals surface area contributed by atoms with E-state index in [2.05, 4.69) is 243 Å². The quantitative estimate of drug-likeness (QED) is 0.120. The van der Waals surface area contributed by atoms with Crippen molar-refractivity contribution in [1.82, 2.24) is 0 Å². The number of fused-ring (bicyclic) bond motifs is 12. The van der Waals surface area contributed by atoms with Crippen molar-refractivity contribution in [3.8, 4) is 44.5 Å². The Bertz CT molecular complexity index is 3650. The lowest BCUT2D eigenvalue weighted by atomic mass is 9.66. The Labute approximate surface area is 367 Å². The molecule has 1 aliphatic rings. The van der Waals surface area contributed by atoms with Gasteiger partial charge in [-0.15, -0.1) is 0 Å². The molecule has 12 aromatic rings. The summed E-state index contributed by atoms with van der Waals surface area (Å²) in [5.74, 6) is 0. The Kier molecular flexibility index (Phi) is 7.92. The third kappa shape index (κ3) is 5.10. The minimum atomic E-state index is -0.623. The molecule has 0 nitrogen and oxygen atoms in total. The second-order valence-corrected chi connectivity index (χ2v) is 17.0. The van der Waals surface area contributed by atoms with Crippen molar-refractivity contribution in [1.29, 1.82) is 0 Å². The Morgan fingerprint density at radius 2 is 0.571 bits per heavy atom. The lowest BCUT2D eigenvalue weighted by molar-refractivity contribution is 0.777. The molecule has 12 aromatic carbocycles. The molecule has 0 saturated heterocycles. The van der Waals surface area contributed by atoms with Crippen LogP contribution in [0, 0.1) is 0 Å². The normalized spacial score (nSPS) is 12.9. The molecule has 0 aliphatic heterocycles. The summed E-state index contributed by atoms with van der Waals surface area (Å²) in [4.78, 5) is 0. The van der Waals surface area contributed by atoms with E-state index in [4.69, 9.17) is 0 Å². The zero-order chi connectivity index (χ0) is 41.5. The number of hydrogen-bond donors (Lipinski definition) is 0. The molecule has 0 fully saturated rings. The van der Waals surface area contributed by atoms with Crippen molar-refractivity contribution < 1.29 is 0 Å². The monoisotopic (exact) mass is 796 g/mol. The first-order chi connectivity index (χ1) is 31.3. The first-order valence-electron chi connectivity index (χ1n) is 22.0. The van der Waals surface area contributed by atoms with Crippen LogP contribution < -0.4 is 0 Å². The van der Waals surface area contributed by atoms with Crippen molar-refractivity contribution in [2.45, 2.75) is 5.41 Å². The van der Waals surface area contributed by atoms with E-state index in [-0.39, 0.29) is 0 Å². The van der Waals surface area contributed by atoms with Crippen LogP contribution in [0.5, 0.6) is 0 Å². The highest BCUT2D eigenvalue weighted by Gasteiger charge is 2.49. The van der Waals surface area contributed by atoms with Gasteiger partial charge in [0.2, 0.25) is 0 Å². The summed E-state index contributed by atoms with van der Waals surface area (Å²) in [6, 6.07) is 90.6. The summed E-state index contributed by atoms with van der Waals surface area (Å²) in [7, 11) is 0. The molecule has 0 bridgehead atoms. The highest BCUT2D eigenvalue weighted by molar-refractivity contribution is 6.27. The van der Waals surface area contributed by atoms with Gasteiger partial charge >= 0.3 is 0 Å². The van der Waals surface area contributed by atoms with Crippen LogP contribution in [0.15, 0.2) is 243 Å². The Morgan fingerprint density at radius 1 is 0.222 bits per heavy atom. The topological polar surface area (TPSA) is 0 Å². The van der Waals surface area contributed by atoms with Crippen molar-refractivity contribution in [3.05, 3.63) is 265 Å². The molecule has 0 aromatic heterocycles. The third-order valence-corrected chi connectivity index (χ3v) is 13.9. The van der Waals surface area contributed by atoms with Crippen LogP contribution in [0.25, 0.3) is 98.4 Å². The van der Waals surface area contributed by atoms with Crippen LogP contribution in [0.4, 0.5) is 0 Å². The smallest absolute Gasteiger partial charge is 0.0622 e. The maximum atomic E-state index is 2.60. The van der Waals surface area contributed by atoms with E-state index in [1.54, 1.807) is 0 Å². The third-order valence-electron chi connectivity index (χ3n) is 13.9. The van der Waals surface area contributed by atoms with Crippen molar-refractivity contribution in [2.75, 3.05) is 0 Å². The molecular weight excluding hydrogens is 757 g/mol. The van der Waals surface area contributed by atoms with Gasteiger partial charge in [-0.2, -0.15) is 0 Å². The first kappa shape index (κ1) is 35.7. The fourth-order valence-electron chi connectivity index (χ4n) is 11.4.